The van der Waals surface area contributed by atoms with Crippen molar-refractivity contribution in [3.8, 4) is 11.5 Å². The molecule has 1 aromatic carbocycles. The minimum Gasteiger partial charge on any atom is -0.497 e. The zero-order chi connectivity index (χ0) is 18.4. The van der Waals surface area contributed by atoms with Gasteiger partial charge in [0.1, 0.15) is 11.5 Å². The molecule has 0 aliphatic rings. The summed E-state index contributed by atoms with van der Waals surface area (Å²) in [5.74, 6) is 2.63. The molecule has 1 aromatic heterocycles. The van der Waals surface area contributed by atoms with Crippen molar-refractivity contribution >= 4 is 5.91 Å². The second-order valence-electron chi connectivity index (χ2n) is 6.10. The third-order valence-corrected chi connectivity index (χ3v) is 3.85. The number of aryl methyl sites for hydroxylation is 1. The van der Waals surface area contributed by atoms with E-state index in [2.05, 4.69) is 15.5 Å². The molecule has 2 aromatic rings. The average molecular weight is 347 g/mol. The minimum absolute atomic E-state index is 0.0883. The Morgan fingerprint density at radius 3 is 2.60 bits per heavy atom. The number of nitrogens with zero attached hydrogens (tertiary/aromatic N) is 2. The molecule has 1 heterocycles. The summed E-state index contributed by atoms with van der Waals surface area (Å²) >= 11 is 0. The number of methoxy groups -OCH3 is 2. The smallest absolute Gasteiger partial charge is 0.227 e. The van der Waals surface area contributed by atoms with Gasteiger partial charge in [0.15, 0.2) is 5.82 Å². The number of hydrogen-bond acceptors (Lipinski definition) is 6. The maximum absolute atomic E-state index is 12.2. The average Bonchev–Trinajstić information content (AvgIpc) is 3.08. The van der Waals surface area contributed by atoms with Crippen LogP contribution < -0.4 is 14.8 Å². The van der Waals surface area contributed by atoms with E-state index < -0.39 is 0 Å². The fourth-order valence-corrected chi connectivity index (χ4v) is 2.39. The van der Waals surface area contributed by atoms with Gasteiger partial charge in [-0.05, 0) is 19.1 Å². The maximum Gasteiger partial charge on any atom is 0.227 e. The SMILES string of the molecule is COc1ccc(C(C)NC(=O)CCc2nc(C(C)C)no2)c(OC)c1. The molecule has 1 amide bonds. The zero-order valence-electron chi connectivity index (χ0n) is 15.3. The summed E-state index contributed by atoms with van der Waals surface area (Å²) < 4.78 is 15.7. The van der Waals surface area contributed by atoms with E-state index in [-0.39, 0.29) is 24.3 Å². The van der Waals surface area contributed by atoms with Crippen LogP contribution in [0.2, 0.25) is 0 Å². The number of carbonyl (C=O) groups excluding carboxylic acids is 1. The van der Waals surface area contributed by atoms with Gasteiger partial charge in [-0.3, -0.25) is 4.79 Å². The molecule has 0 spiro atoms. The summed E-state index contributed by atoms with van der Waals surface area (Å²) in [7, 11) is 3.19. The molecule has 0 radical (unpaired) electrons. The van der Waals surface area contributed by atoms with Gasteiger partial charge in [-0.1, -0.05) is 19.0 Å². The van der Waals surface area contributed by atoms with Crippen LogP contribution >= 0.6 is 0 Å². The first-order valence-electron chi connectivity index (χ1n) is 8.28. The third-order valence-electron chi connectivity index (χ3n) is 3.85. The maximum atomic E-state index is 12.2. The number of carbonyl (C=O) groups is 1. The summed E-state index contributed by atoms with van der Waals surface area (Å²) in [4.78, 5) is 16.5. The second kappa shape index (κ2) is 8.50. The van der Waals surface area contributed by atoms with Gasteiger partial charge in [-0.15, -0.1) is 0 Å². The van der Waals surface area contributed by atoms with E-state index >= 15 is 0 Å². The predicted octanol–water partition coefficient (Wildman–Crippen LogP) is 3.02. The highest BCUT2D eigenvalue weighted by molar-refractivity contribution is 5.76. The van der Waals surface area contributed by atoms with Crippen LogP contribution in [-0.2, 0) is 11.2 Å². The number of nitrogens with one attached hydrogen (secondary N) is 1. The first kappa shape index (κ1) is 18.8. The monoisotopic (exact) mass is 347 g/mol. The molecule has 0 aliphatic heterocycles. The fourth-order valence-electron chi connectivity index (χ4n) is 2.39. The summed E-state index contributed by atoms with van der Waals surface area (Å²) in [5, 5.41) is 6.85. The Bertz CT molecular complexity index is 712. The van der Waals surface area contributed by atoms with E-state index in [1.54, 1.807) is 20.3 Å². The summed E-state index contributed by atoms with van der Waals surface area (Å²) in [5.41, 5.74) is 0.886. The van der Waals surface area contributed by atoms with E-state index in [1.807, 2.05) is 32.9 Å². The van der Waals surface area contributed by atoms with Crippen LogP contribution in [0.15, 0.2) is 22.7 Å². The molecular formula is C18H25N3O4. The Morgan fingerprint density at radius 1 is 1.24 bits per heavy atom. The molecule has 0 saturated carbocycles. The molecule has 7 nitrogen and oxygen atoms in total. The van der Waals surface area contributed by atoms with Crippen LogP contribution in [0.4, 0.5) is 0 Å². The molecule has 7 heteroatoms. The van der Waals surface area contributed by atoms with Gasteiger partial charge in [0.05, 0.1) is 20.3 Å². The van der Waals surface area contributed by atoms with Gasteiger partial charge >= 0.3 is 0 Å². The van der Waals surface area contributed by atoms with E-state index in [1.165, 1.54) is 0 Å². The van der Waals surface area contributed by atoms with Crippen LogP contribution in [0, 0.1) is 0 Å². The quantitative estimate of drug-likeness (QED) is 0.790. The lowest BCUT2D eigenvalue weighted by atomic mass is 10.1. The lowest BCUT2D eigenvalue weighted by Crippen LogP contribution is -2.27. The Balaban J connectivity index is 1.93. The van der Waals surface area contributed by atoms with Gasteiger partial charge in [-0.25, -0.2) is 0 Å². The standard InChI is InChI=1S/C18H25N3O4/c1-11(2)18-20-17(25-21-18)9-8-16(22)19-12(3)14-7-6-13(23-4)10-15(14)24-5/h6-7,10-12H,8-9H2,1-5H3,(H,19,22). The number of benzene rings is 1. The Kier molecular flexibility index (Phi) is 6.38. The van der Waals surface area contributed by atoms with Crippen LogP contribution in [0.25, 0.3) is 0 Å². The first-order valence-corrected chi connectivity index (χ1v) is 8.28. The number of aromatic nitrogens is 2. The highest BCUT2D eigenvalue weighted by atomic mass is 16.5. The number of ether oxygens (including phenoxy) is 2. The lowest BCUT2D eigenvalue weighted by molar-refractivity contribution is -0.121. The molecule has 1 unspecified atom stereocenters. The van der Waals surface area contributed by atoms with Crippen molar-refractivity contribution < 1.29 is 18.8 Å². The van der Waals surface area contributed by atoms with Crippen molar-refractivity contribution in [2.45, 2.75) is 45.6 Å². The largest absolute Gasteiger partial charge is 0.497 e. The molecular weight excluding hydrogens is 322 g/mol. The molecule has 0 bridgehead atoms. The summed E-state index contributed by atoms with van der Waals surface area (Å²) in [6, 6.07) is 5.33. The highest BCUT2D eigenvalue weighted by Crippen LogP contribution is 2.29. The van der Waals surface area contributed by atoms with Gasteiger partial charge in [-0.2, -0.15) is 4.98 Å². The Morgan fingerprint density at radius 2 is 2.00 bits per heavy atom. The second-order valence-corrected chi connectivity index (χ2v) is 6.10. The van der Waals surface area contributed by atoms with Gasteiger partial charge in [0.25, 0.3) is 0 Å². The topological polar surface area (TPSA) is 86.5 Å². The number of hydrogen-bond donors (Lipinski definition) is 1. The fraction of sp³-hybridized carbons (Fsp3) is 0.500. The van der Waals surface area contributed by atoms with E-state index in [0.717, 1.165) is 5.56 Å². The van der Waals surface area contributed by atoms with Crippen molar-refractivity contribution in [3.05, 3.63) is 35.5 Å². The number of amides is 1. The molecule has 0 fully saturated rings. The van der Waals surface area contributed by atoms with Gasteiger partial charge < -0.3 is 19.3 Å². The minimum atomic E-state index is -0.192. The van der Waals surface area contributed by atoms with Crippen LogP contribution in [0.3, 0.4) is 0 Å². The van der Waals surface area contributed by atoms with E-state index in [9.17, 15) is 4.79 Å². The normalized spacial score (nSPS) is 12.1. The molecule has 136 valence electrons. The molecule has 1 N–H and O–H groups in total. The van der Waals surface area contributed by atoms with Crippen LogP contribution in [0.5, 0.6) is 11.5 Å². The Labute approximate surface area is 147 Å². The molecule has 0 saturated heterocycles. The van der Waals surface area contributed by atoms with Crippen molar-refractivity contribution in [2.24, 2.45) is 0 Å². The number of rotatable bonds is 8. The Hall–Kier alpha value is -2.57. The summed E-state index contributed by atoms with van der Waals surface area (Å²) in [6.45, 7) is 5.89. The van der Waals surface area contributed by atoms with Gasteiger partial charge in [0.2, 0.25) is 11.8 Å². The lowest BCUT2D eigenvalue weighted by Gasteiger charge is -2.18. The van der Waals surface area contributed by atoms with Crippen molar-refractivity contribution in [1.29, 1.82) is 0 Å². The van der Waals surface area contributed by atoms with E-state index in [4.69, 9.17) is 14.0 Å². The van der Waals surface area contributed by atoms with Crippen LogP contribution in [-0.4, -0.2) is 30.3 Å². The molecule has 25 heavy (non-hydrogen) atoms. The van der Waals surface area contributed by atoms with Crippen molar-refractivity contribution in [3.63, 3.8) is 0 Å². The summed E-state index contributed by atoms with van der Waals surface area (Å²) in [6.07, 6.45) is 0.695. The highest BCUT2D eigenvalue weighted by Gasteiger charge is 2.16. The predicted molar refractivity (Wildman–Crippen MR) is 92.8 cm³/mol. The molecule has 2 rings (SSSR count). The zero-order valence-corrected chi connectivity index (χ0v) is 15.3. The van der Waals surface area contributed by atoms with Gasteiger partial charge in [0, 0.05) is 30.4 Å². The van der Waals surface area contributed by atoms with Crippen molar-refractivity contribution in [1.82, 2.24) is 15.5 Å². The molecule has 0 aliphatic carbocycles. The van der Waals surface area contributed by atoms with Crippen LogP contribution in [0.1, 0.15) is 56.4 Å². The van der Waals surface area contributed by atoms with Crippen molar-refractivity contribution in [2.75, 3.05) is 14.2 Å². The third kappa shape index (κ3) is 4.95. The first-order chi connectivity index (χ1) is 11.9. The molecule has 1 atom stereocenters. The van der Waals surface area contributed by atoms with E-state index in [0.29, 0.717) is 29.6 Å².